The normalized spacial score (nSPS) is 22.7. The standard InChI is InChI=1S/C27H30ClN7O4S/c1-18-13-25(35(32-18)19-5-11-39-12-6-19)33-16-21(15-23(33)26(36)31-27(17-29)7-8-27)40(37,38)24-4-3-20(14-22(24)28)34-10-2-9-30-34/h2-4,9-10,13-14,19,21,23H,5-8,11-12,15-16H2,1H3,(H,31,36). The fraction of sp³-hybridized carbons (Fsp3) is 0.481. The summed E-state index contributed by atoms with van der Waals surface area (Å²) in [5.74, 6) is 0.346. The maximum absolute atomic E-state index is 14.0. The molecule has 2 aromatic heterocycles. The number of halogens is 1. The second-order valence-corrected chi connectivity index (χ2v) is 13.4. The van der Waals surface area contributed by atoms with Gasteiger partial charge in [0.25, 0.3) is 0 Å². The van der Waals surface area contributed by atoms with E-state index in [2.05, 4.69) is 16.5 Å². The fourth-order valence-corrected chi connectivity index (χ4v) is 7.85. The molecule has 1 saturated carbocycles. The topological polar surface area (TPSA) is 135 Å². The van der Waals surface area contributed by atoms with Crippen molar-refractivity contribution in [2.75, 3.05) is 24.7 Å². The summed E-state index contributed by atoms with van der Waals surface area (Å²) in [7, 11) is -3.92. The Bertz CT molecular complexity index is 1570. The molecule has 2 saturated heterocycles. The molecule has 11 nitrogen and oxygen atoms in total. The van der Waals surface area contributed by atoms with E-state index in [1.54, 1.807) is 35.3 Å². The number of rotatable bonds is 7. The van der Waals surface area contributed by atoms with Crippen LogP contribution in [0.15, 0.2) is 47.6 Å². The van der Waals surface area contributed by atoms with E-state index < -0.39 is 26.7 Å². The Hall–Kier alpha value is -3.40. The Morgan fingerprint density at radius 1 is 1.25 bits per heavy atom. The SMILES string of the molecule is Cc1cc(N2CC(S(=O)(=O)c3ccc(-n4cccn4)cc3Cl)CC2C(=O)NC2(C#N)CC2)n(C2CCOCC2)n1. The number of amides is 1. The van der Waals surface area contributed by atoms with Gasteiger partial charge in [0.2, 0.25) is 5.91 Å². The third-order valence-electron chi connectivity index (χ3n) is 7.99. The van der Waals surface area contributed by atoms with E-state index in [0.717, 1.165) is 18.5 Å². The Balaban J connectivity index is 1.34. The maximum Gasteiger partial charge on any atom is 0.244 e. The van der Waals surface area contributed by atoms with E-state index in [1.165, 1.54) is 6.07 Å². The van der Waals surface area contributed by atoms with Crippen molar-refractivity contribution in [2.45, 2.75) is 66.8 Å². The number of sulfone groups is 1. The molecule has 1 aliphatic carbocycles. The highest BCUT2D eigenvalue weighted by Crippen LogP contribution is 2.39. The van der Waals surface area contributed by atoms with Gasteiger partial charge in [-0.1, -0.05) is 11.6 Å². The van der Waals surface area contributed by atoms with E-state index in [9.17, 15) is 18.5 Å². The van der Waals surface area contributed by atoms with Gasteiger partial charge in [-0.3, -0.25) is 4.79 Å². The third-order valence-corrected chi connectivity index (χ3v) is 10.6. The second kappa shape index (κ2) is 10.2. The number of hydrogen-bond acceptors (Lipinski definition) is 8. The van der Waals surface area contributed by atoms with Gasteiger partial charge in [-0.25, -0.2) is 17.8 Å². The summed E-state index contributed by atoms with van der Waals surface area (Å²) in [6.07, 6.45) is 6.15. The van der Waals surface area contributed by atoms with Gasteiger partial charge < -0.3 is 15.0 Å². The lowest BCUT2D eigenvalue weighted by Crippen LogP contribution is -2.48. The molecule has 2 unspecified atom stereocenters. The zero-order valence-corrected chi connectivity index (χ0v) is 23.6. The monoisotopic (exact) mass is 583 g/mol. The first-order chi connectivity index (χ1) is 19.2. The zero-order valence-electron chi connectivity index (χ0n) is 22.0. The van der Waals surface area contributed by atoms with Crippen LogP contribution >= 0.6 is 11.6 Å². The Kier molecular flexibility index (Phi) is 6.84. The molecular formula is C27H30ClN7O4S. The largest absolute Gasteiger partial charge is 0.381 e. The molecule has 2 aliphatic heterocycles. The number of benzene rings is 1. The lowest BCUT2D eigenvalue weighted by Gasteiger charge is -2.30. The van der Waals surface area contributed by atoms with E-state index in [0.29, 0.717) is 37.6 Å². The summed E-state index contributed by atoms with van der Waals surface area (Å²) in [5.41, 5.74) is 0.545. The molecule has 40 heavy (non-hydrogen) atoms. The van der Waals surface area contributed by atoms with Gasteiger partial charge >= 0.3 is 0 Å². The van der Waals surface area contributed by atoms with Crippen molar-refractivity contribution in [3.63, 3.8) is 0 Å². The van der Waals surface area contributed by atoms with Crippen LogP contribution < -0.4 is 10.2 Å². The van der Waals surface area contributed by atoms with Gasteiger partial charge in [-0.15, -0.1) is 0 Å². The molecule has 3 aromatic rings. The van der Waals surface area contributed by atoms with Gasteiger partial charge in [0, 0.05) is 38.2 Å². The van der Waals surface area contributed by atoms with Crippen LogP contribution in [0.5, 0.6) is 0 Å². The van der Waals surface area contributed by atoms with Crippen LogP contribution in [0, 0.1) is 18.3 Å². The molecule has 1 aromatic carbocycles. The van der Waals surface area contributed by atoms with E-state index >= 15 is 0 Å². The Morgan fingerprint density at radius 3 is 2.67 bits per heavy atom. The number of aromatic nitrogens is 4. The van der Waals surface area contributed by atoms with Crippen LogP contribution in [-0.4, -0.2) is 70.5 Å². The van der Waals surface area contributed by atoms with E-state index in [4.69, 9.17) is 21.4 Å². The molecule has 3 fully saturated rings. The fourth-order valence-electron chi connectivity index (χ4n) is 5.61. The first-order valence-corrected chi connectivity index (χ1v) is 15.3. The first-order valence-electron chi connectivity index (χ1n) is 13.4. The van der Waals surface area contributed by atoms with Crippen molar-refractivity contribution in [3.05, 3.63) is 53.4 Å². The predicted molar refractivity (Wildman–Crippen MR) is 147 cm³/mol. The van der Waals surface area contributed by atoms with Gasteiger partial charge in [-0.05, 0) is 63.3 Å². The highest BCUT2D eigenvalue weighted by molar-refractivity contribution is 7.92. The van der Waals surface area contributed by atoms with Crippen LogP contribution in [-0.2, 0) is 19.4 Å². The molecule has 1 amide bonds. The van der Waals surface area contributed by atoms with Crippen molar-refractivity contribution < 1.29 is 17.9 Å². The lowest BCUT2D eigenvalue weighted by molar-refractivity contribution is -0.122. The number of carbonyl (C=O) groups excluding carboxylic acids is 1. The minimum absolute atomic E-state index is 0.0147. The number of anilines is 1. The number of nitriles is 1. The van der Waals surface area contributed by atoms with Gasteiger partial charge in [-0.2, -0.15) is 15.5 Å². The number of aryl methyl sites for hydroxylation is 1. The van der Waals surface area contributed by atoms with Crippen LogP contribution in [0.3, 0.4) is 0 Å². The van der Waals surface area contributed by atoms with Crippen LogP contribution in [0.4, 0.5) is 5.82 Å². The number of ether oxygens (including phenoxy) is 1. The molecule has 13 heteroatoms. The lowest BCUT2D eigenvalue weighted by atomic mass is 10.1. The average molecular weight is 584 g/mol. The molecular weight excluding hydrogens is 554 g/mol. The molecule has 0 spiro atoms. The average Bonchev–Trinajstić information content (AvgIpc) is 3.33. The molecule has 210 valence electrons. The second-order valence-electron chi connectivity index (χ2n) is 10.8. The Morgan fingerprint density at radius 2 is 2.02 bits per heavy atom. The highest BCUT2D eigenvalue weighted by Gasteiger charge is 2.50. The molecule has 0 bridgehead atoms. The van der Waals surface area contributed by atoms with Gasteiger partial charge in [0.1, 0.15) is 17.4 Å². The van der Waals surface area contributed by atoms with Crippen LogP contribution in [0.25, 0.3) is 5.69 Å². The molecule has 1 N–H and O–H groups in total. The quantitative estimate of drug-likeness (QED) is 0.448. The molecule has 2 atom stereocenters. The first kappa shape index (κ1) is 26.8. The van der Waals surface area contributed by atoms with Crippen molar-refractivity contribution >= 4 is 33.2 Å². The van der Waals surface area contributed by atoms with Gasteiger partial charge in [0.05, 0.1) is 38.7 Å². The Labute approximate surface area is 237 Å². The molecule has 4 heterocycles. The minimum Gasteiger partial charge on any atom is -0.381 e. The minimum atomic E-state index is -3.92. The van der Waals surface area contributed by atoms with Crippen molar-refractivity contribution in [1.29, 1.82) is 5.26 Å². The molecule has 0 radical (unpaired) electrons. The van der Waals surface area contributed by atoms with Gasteiger partial charge in [0.15, 0.2) is 9.84 Å². The predicted octanol–water partition coefficient (Wildman–Crippen LogP) is 2.98. The van der Waals surface area contributed by atoms with Crippen molar-refractivity contribution in [3.8, 4) is 11.8 Å². The number of nitrogens with one attached hydrogen (secondary N) is 1. The summed E-state index contributed by atoms with van der Waals surface area (Å²) >= 11 is 6.53. The number of carbonyl (C=O) groups is 1. The van der Waals surface area contributed by atoms with Crippen LogP contribution in [0.2, 0.25) is 5.02 Å². The third kappa shape index (κ3) is 4.87. The summed E-state index contributed by atoms with van der Waals surface area (Å²) in [4.78, 5) is 15.5. The van der Waals surface area contributed by atoms with E-state index in [-0.39, 0.29) is 34.8 Å². The van der Waals surface area contributed by atoms with Crippen LogP contribution in [0.1, 0.15) is 43.8 Å². The summed E-state index contributed by atoms with van der Waals surface area (Å²) in [5, 5.41) is 20.6. The number of hydrogen-bond donors (Lipinski definition) is 1. The smallest absolute Gasteiger partial charge is 0.244 e. The number of nitrogens with zero attached hydrogens (tertiary/aromatic N) is 6. The van der Waals surface area contributed by atoms with Crippen molar-refractivity contribution in [1.82, 2.24) is 24.9 Å². The summed E-state index contributed by atoms with van der Waals surface area (Å²) < 4.78 is 37.0. The summed E-state index contributed by atoms with van der Waals surface area (Å²) in [6, 6.07) is 9.88. The maximum atomic E-state index is 14.0. The molecule has 3 aliphatic rings. The zero-order chi connectivity index (χ0) is 28.1. The summed E-state index contributed by atoms with van der Waals surface area (Å²) in [6.45, 7) is 3.20. The highest BCUT2D eigenvalue weighted by atomic mass is 35.5. The van der Waals surface area contributed by atoms with E-state index in [1.807, 2.05) is 22.6 Å². The molecule has 6 rings (SSSR count). The van der Waals surface area contributed by atoms with Crippen molar-refractivity contribution in [2.24, 2.45) is 0 Å².